The third-order valence-electron chi connectivity index (χ3n) is 4.50. The van der Waals surface area contributed by atoms with Crippen LogP contribution in [0.15, 0.2) is 23.1 Å². The van der Waals surface area contributed by atoms with Crippen LogP contribution in [0.4, 0.5) is 0 Å². The van der Waals surface area contributed by atoms with Gasteiger partial charge in [-0.3, -0.25) is 9.69 Å². The van der Waals surface area contributed by atoms with Crippen LogP contribution in [0.25, 0.3) is 0 Å². The maximum Gasteiger partial charge on any atom is 0.266 e. The van der Waals surface area contributed by atoms with E-state index in [1.54, 1.807) is 23.0 Å². The lowest BCUT2D eigenvalue weighted by Crippen LogP contribution is -2.40. The zero-order valence-electron chi connectivity index (χ0n) is 11.9. The average Bonchev–Trinajstić information content (AvgIpc) is 2.90. The van der Waals surface area contributed by atoms with Crippen LogP contribution >= 0.6 is 0 Å². The second-order valence-corrected chi connectivity index (χ2v) is 5.89. The van der Waals surface area contributed by atoms with Gasteiger partial charge in [0.2, 0.25) is 0 Å². The zero-order chi connectivity index (χ0) is 13.8. The smallest absolute Gasteiger partial charge is 0.266 e. The molecular formula is C15H23N3O2. The normalized spacial score (nSPS) is 25.1. The fraction of sp³-hybridized carbons (Fsp3) is 0.733. The molecule has 1 atom stereocenters. The van der Waals surface area contributed by atoms with E-state index in [-0.39, 0.29) is 5.56 Å². The van der Waals surface area contributed by atoms with Crippen LogP contribution in [-0.4, -0.2) is 47.0 Å². The van der Waals surface area contributed by atoms with Gasteiger partial charge in [0.05, 0.1) is 6.54 Å². The summed E-state index contributed by atoms with van der Waals surface area (Å²) in [5, 5.41) is 4.18. The van der Waals surface area contributed by atoms with E-state index in [1.165, 1.54) is 25.7 Å². The van der Waals surface area contributed by atoms with Gasteiger partial charge in [-0.25, -0.2) is 4.68 Å². The molecule has 20 heavy (non-hydrogen) atoms. The minimum atomic E-state index is 0.00502. The molecule has 0 radical (unpaired) electrons. The predicted molar refractivity (Wildman–Crippen MR) is 76.6 cm³/mol. The van der Waals surface area contributed by atoms with Gasteiger partial charge >= 0.3 is 0 Å². The molecule has 0 saturated carbocycles. The fourth-order valence-electron chi connectivity index (χ4n) is 3.33. The molecule has 1 aromatic rings. The molecule has 1 aromatic heterocycles. The van der Waals surface area contributed by atoms with E-state index in [4.69, 9.17) is 4.74 Å². The lowest BCUT2D eigenvalue weighted by atomic mass is 9.99. The topological polar surface area (TPSA) is 47.4 Å². The molecule has 0 aromatic carbocycles. The highest BCUT2D eigenvalue weighted by atomic mass is 16.5. The highest BCUT2D eigenvalue weighted by molar-refractivity contribution is 4.87. The molecule has 2 saturated heterocycles. The van der Waals surface area contributed by atoms with Gasteiger partial charge in [-0.05, 0) is 44.2 Å². The van der Waals surface area contributed by atoms with Crippen molar-refractivity contribution >= 4 is 0 Å². The van der Waals surface area contributed by atoms with Gasteiger partial charge in [-0.1, -0.05) is 0 Å². The Hall–Kier alpha value is -1.20. The summed E-state index contributed by atoms with van der Waals surface area (Å²) in [6, 6.07) is 3.75. The van der Waals surface area contributed by atoms with Gasteiger partial charge in [-0.2, -0.15) is 5.10 Å². The first-order chi connectivity index (χ1) is 9.83. The number of rotatable bonds is 4. The van der Waals surface area contributed by atoms with Crippen LogP contribution < -0.4 is 5.56 Å². The monoisotopic (exact) mass is 277 g/mol. The molecule has 0 spiro atoms. The summed E-state index contributed by atoms with van der Waals surface area (Å²) < 4.78 is 7.03. The van der Waals surface area contributed by atoms with Gasteiger partial charge in [0, 0.05) is 38.1 Å². The van der Waals surface area contributed by atoms with Crippen molar-refractivity contribution in [2.75, 3.05) is 26.3 Å². The summed E-state index contributed by atoms with van der Waals surface area (Å²) in [7, 11) is 0. The van der Waals surface area contributed by atoms with Crippen molar-refractivity contribution in [3.63, 3.8) is 0 Å². The molecule has 3 rings (SSSR count). The largest absolute Gasteiger partial charge is 0.381 e. The van der Waals surface area contributed by atoms with Crippen LogP contribution in [-0.2, 0) is 11.3 Å². The second kappa shape index (κ2) is 6.50. The highest BCUT2D eigenvalue weighted by Gasteiger charge is 2.28. The SMILES string of the molecule is O=c1cccnn1CC1CCCN1CC1CCOCC1. The zero-order valence-corrected chi connectivity index (χ0v) is 11.9. The number of aromatic nitrogens is 2. The molecule has 0 bridgehead atoms. The van der Waals surface area contributed by atoms with Gasteiger partial charge in [-0.15, -0.1) is 0 Å². The van der Waals surface area contributed by atoms with Crippen molar-refractivity contribution in [3.05, 3.63) is 28.7 Å². The summed E-state index contributed by atoms with van der Waals surface area (Å²) in [5.41, 5.74) is 0.00502. The van der Waals surface area contributed by atoms with E-state index in [0.29, 0.717) is 6.04 Å². The van der Waals surface area contributed by atoms with Gasteiger partial charge < -0.3 is 4.74 Å². The molecule has 110 valence electrons. The van der Waals surface area contributed by atoms with E-state index < -0.39 is 0 Å². The number of ether oxygens (including phenoxy) is 1. The summed E-state index contributed by atoms with van der Waals surface area (Å²) in [4.78, 5) is 14.3. The second-order valence-electron chi connectivity index (χ2n) is 5.89. The van der Waals surface area contributed by atoms with Crippen LogP contribution in [0.2, 0.25) is 0 Å². The highest BCUT2D eigenvalue weighted by Crippen LogP contribution is 2.23. The van der Waals surface area contributed by atoms with Gasteiger partial charge in [0.15, 0.2) is 0 Å². The number of hydrogen-bond donors (Lipinski definition) is 0. The van der Waals surface area contributed by atoms with Crippen molar-refractivity contribution in [3.8, 4) is 0 Å². The third-order valence-corrected chi connectivity index (χ3v) is 4.50. The molecule has 0 N–H and O–H groups in total. The van der Waals surface area contributed by atoms with Crippen molar-refractivity contribution in [2.24, 2.45) is 5.92 Å². The van der Waals surface area contributed by atoms with E-state index in [1.807, 2.05) is 0 Å². The molecular weight excluding hydrogens is 254 g/mol. The van der Waals surface area contributed by atoms with Crippen molar-refractivity contribution in [1.82, 2.24) is 14.7 Å². The van der Waals surface area contributed by atoms with Gasteiger partial charge in [0.1, 0.15) is 0 Å². The summed E-state index contributed by atoms with van der Waals surface area (Å²) in [6.07, 6.45) is 6.44. The van der Waals surface area contributed by atoms with Crippen LogP contribution in [0.5, 0.6) is 0 Å². The Morgan fingerprint density at radius 3 is 2.90 bits per heavy atom. The standard InChI is InChI=1S/C15H23N3O2/c19-15-4-1-7-16-18(15)12-14-3-2-8-17(14)11-13-5-9-20-10-6-13/h1,4,7,13-14H,2-3,5-6,8-12H2. The molecule has 2 aliphatic rings. The van der Waals surface area contributed by atoms with E-state index in [2.05, 4.69) is 10.00 Å². The first-order valence-electron chi connectivity index (χ1n) is 7.67. The Balaban J connectivity index is 1.60. The minimum Gasteiger partial charge on any atom is -0.381 e. The Morgan fingerprint density at radius 2 is 2.10 bits per heavy atom. The summed E-state index contributed by atoms with van der Waals surface area (Å²) in [5.74, 6) is 0.754. The Morgan fingerprint density at radius 1 is 1.25 bits per heavy atom. The third kappa shape index (κ3) is 3.27. The molecule has 3 heterocycles. The molecule has 2 fully saturated rings. The lowest BCUT2D eigenvalue weighted by molar-refractivity contribution is 0.0493. The molecule has 1 unspecified atom stereocenters. The first-order valence-corrected chi connectivity index (χ1v) is 7.67. The van der Waals surface area contributed by atoms with Crippen LogP contribution in [0.1, 0.15) is 25.7 Å². The van der Waals surface area contributed by atoms with E-state index in [9.17, 15) is 4.79 Å². The van der Waals surface area contributed by atoms with Crippen LogP contribution in [0, 0.1) is 5.92 Å². The van der Waals surface area contributed by atoms with Gasteiger partial charge in [0.25, 0.3) is 5.56 Å². The Kier molecular flexibility index (Phi) is 4.47. The maximum absolute atomic E-state index is 11.8. The number of hydrogen-bond acceptors (Lipinski definition) is 4. The maximum atomic E-state index is 11.8. The Bertz CT molecular complexity index is 482. The van der Waals surface area contributed by atoms with E-state index in [0.717, 1.165) is 38.8 Å². The van der Waals surface area contributed by atoms with Crippen molar-refractivity contribution < 1.29 is 4.74 Å². The number of nitrogens with zero attached hydrogens (tertiary/aromatic N) is 3. The van der Waals surface area contributed by atoms with Crippen LogP contribution in [0.3, 0.4) is 0 Å². The summed E-state index contributed by atoms with van der Waals surface area (Å²) >= 11 is 0. The molecule has 5 heteroatoms. The Labute approximate surface area is 119 Å². The first kappa shape index (κ1) is 13.8. The predicted octanol–water partition coefficient (Wildman–Crippen LogP) is 1.13. The van der Waals surface area contributed by atoms with E-state index >= 15 is 0 Å². The quantitative estimate of drug-likeness (QED) is 0.828. The fourth-order valence-corrected chi connectivity index (χ4v) is 3.33. The van der Waals surface area contributed by atoms with Crippen molar-refractivity contribution in [1.29, 1.82) is 0 Å². The van der Waals surface area contributed by atoms with Crippen molar-refractivity contribution in [2.45, 2.75) is 38.3 Å². The molecule has 0 amide bonds. The number of likely N-dealkylation sites (tertiary alicyclic amines) is 1. The average molecular weight is 277 g/mol. The minimum absolute atomic E-state index is 0.00502. The summed E-state index contributed by atoms with van der Waals surface area (Å²) in [6.45, 7) is 4.84. The molecule has 2 aliphatic heterocycles. The lowest BCUT2D eigenvalue weighted by Gasteiger charge is -2.30. The molecule has 0 aliphatic carbocycles. The molecule has 5 nitrogen and oxygen atoms in total.